The van der Waals surface area contributed by atoms with Crippen molar-refractivity contribution in [3.8, 4) is 6.07 Å². The number of aryl methyl sites for hydroxylation is 1. The van der Waals surface area contributed by atoms with Crippen LogP contribution in [0.5, 0.6) is 0 Å². The lowest BCUT2D eigenvalue weighted by molar-refractivity contribution is -0.117. The Morgan fingerprint density at radius 3 is 2.85 bits per heavy atom. The van der Waals surface area contributed by atoms with Crippen LogP contribution in [0.25, 0.3) is 0 Å². The number of thiophene rings is 1. The summed E-state index contributed by atoms with van der Waals surface area (Å²) in [4.78, 5) is 15.1. The summed E-state index contributed by atoms with van der Waals surface area (Å²) in [5.74, 6) is 0.0490. The summed E-state index contributed by atoms with van der Waals surface area (Å²) in [6, 6.07) is 2.32. The van der Waals surface area contributed by atoms with Gasteiger partial charge in [0.1, 0.15) is 11.1 Å². The van der Waals surface area contributed by atoms with Gasteiger partial charge in [-0.3, -0.25) is 4.79 Å². The van der Waals surface area contributed by atoms with Crippen molar-refractivity contribution in [2.45, 2.75) is 38.5 Å². The molecule has 106 valence electrons. The number of carbonyl (C=O) groups is 1. The second-order valence-electron chi connectivity index (χ2n) is 5.61. The van der Waals surface area contributed by atoms with Crippen molar-refractivity contribution in [3.63, 3.8) is 0 Å². The Labute approximate surface area is 122 Å². The predicted molar refractivity (Wildman–Crippen MR) is 77.8 cm³/mol. The molecule has 4 nitrogen and oxygen atoms in total. The lowest BCUT2D eigenvalue weighted by Gasteiger charge is -2.14. The van der Waals surface area contributed by atoms with Crippen LogP contribution in [-0.4, -0.2) is 24.2 Å². The van der Waals surface area contributed by atoms with Crippen molar-refractivity contribution in [2.24, 2.45) is 5.92 Å². The van der Waals surface area contributed by atoms with Crippen LogP contribution in [0.3, 0.4) is 0 Å². The van der Waals surface area contributed by atoms with Gasteiger partial charge in [0.2, 0.25) is 5.91 Å². The van der Waals surface area contributed by atoms with Gasteiger partial charge in [-0.2, -0.15) is 5.26 Å². The van der Waals surface area contributed by atoms with E-state index in [0.717, 1.165) is 24.3 Å². The number of fused-ring (bicyclic) bond motifs is 1. The van der Waals surface area contributed by atoms with Crippen LogP contribution in [0.2, 0.25) is 0 Å². The minimum absolute atomic E-state index is 0.0101. The van der Waals surface area contributed by atoms with Crippen LogP contribution in [-0.2, 0) is 17.6 Å². The van der Waals surface area contributed by atoms with Crippen molar-refractivity contribution in [1.82, 2.24) is 0 Å². The van der Waals surface area contributed by atoms with E-state index in [1.807, 2.05) is 0 Å². The van der Waals surface area contributed by atoms with Gasteiger partial charge < -0.3 is 10.0 Å². The number of carbonyl (C=O) groups excluding carboxylic acids is 1. The first-order valence-electron chi connectivity index (χ1n) is 7.20. The summed E-state index contributed by atoms with van der Waals surface area (Å²) in [5, 5.41) is 19.5. The van der Waals surface area contributed by atoms with E-state index in [-0.39, 0.29) is 18.4 Å². The highest BCUT2D eigenvalue weighted by Gasteiger charge is 2.34. The highest BCUT2D eigenvalue weighted by Crippen LogP contribution is 2.41. The van der Waals surface area contributed by atoms with Crippen LogP contribution in [0.15, 0.2) is 0 Å². The molecule has 1 unspecified atom stereocenters. The molecule has 2 aliphatic rings. The molecule has 1 atom stereocenters. The van der Waals surface area contributed by atoms with Crippen molar-refractivity contribution in [3.05, 3.63) is 16.0 Å². The molecule has 20 heavy (non-hydrogen) atoms. The number of hydrogen-bond acceptors (Lipinski definition) is 4. The summed E-state index contributed by atoms with van der Waals surface area (Å²) in [5.41, 5.74) is 1.88. The Morgan fingerprint density at radius 1 is 1.35 bits per heavy atom. The van der Waals surface area contributed by atoms with E-state index in [1.54, 1.807) is 16.2 Å². The largest absolute Gasteiger partial charge is 0.396 e. The molecule has 0 saturated carbocycles. The van der Waals surface area contributed by atoms with E-state index >= 15 is 0 Å². The molecular formula is C15H18N2O2S. The molecule has 0 spiro atoms. The molecule has 0 bridgehead atoms. The molecule has 1 N–H and O–H groups in total. The van der Waals surface area contributed by atoms with Crippen molar-refractivity contribution >= 4 is 22.2 Å². The predicted octanol–water partition coefficient (Wildman–Crippen LogP) is 2.23. The van der Waals surface area contributed by atoms with Crippen LogP contribution in [0.1, 0.15) is 41.7 Å². The van der Waals surface area contributed by atoms with Gasteiger partial charge >= 0.3 is 0 Å². The highest BCUT2D eigenvalue weighted by atomic mass is 32.1. The second kappa shape index (κ2) is 5.55. The monoisotopic (exact) mass is 290 g/mol. The van der Waals surface area contributed by atoms with E-state index in [4.69, 9.17) is 0 Å². The molecular weight excluding hydrogens is 272 g/mol. The molecule has 1 aliphatic carbocycles. The molecule has 1 saturated heterocycles. The molecule has 1 aromatic rings. The van der Waals surface area contributed by atoms with Crippen LogP contribution < -0.4 is 4.90 Å². The van der Waals surface area contributed by atoms with Gasteiger partial charge in [-0.15, -0.1) is 11.3 Å². The van der Waals surface area contributed by atoms with Crippen LogP contribution in [0, 0.1) is 17.2 Å². The average Bonchev–Trinajstić information content (AvgIpc) is 2.90. The van der Waals surface area contributed by atoms with E-state index in [9.17, 15) is 15.2 Å². The standard InChI is InChI=1S/C15H18N2O2S/c16-7-12-11-4-2-1-3-5-13(11)20-15(12)17-8-10(9-18)6-14(17)19/h10,18H,1-6,8-9H2. The van der Waals surface area contributed by atoms with E-state index in [0.29, 0.717) is 18.5 Å². The summed E-state index contributed by atoms with van der Waals surface area (Å²) in [7, 11) is 0. The Kier molecular flexibility index (Phi) is 3.77. The van der Waals surface area contributed by atoms with Crippen molar-refractivity contribution < 1.29 is 9.90 Å². The SMILES string of the molecule is N#Cc1c(N2CC(CO)CC2=O)sc2c1CCCCC2. The number of hydrogen-bond donors (Lipinski definition) is 1. The number of aliphatic hydroxyl groups excluding tert-OH is 1. The highest BCUT2D eigenvalue weighted by molar-refractivity contribution is 7.16. The molecule has 5 heteroatoms. The quantitative estimate of drug-likeness (QED) is 0.850. The molecule has 0 radical (unpaired) electrons. The van der Waals surface area contributed by atoms with Gasteiger partial charge in [-0.1, -0.05) is 6.42 Å². The van der Waals surface area contributed by atoms with Crippen molar-refractivity contribution in [2.75, 3.05) is 18.1 Å². The van der Waals surface area contributed by atoms with Gasteiger partial charge in [0.25, 0.3) is 0 Å². The smallest absolute Gasteiger partial charge is 0.228 e. The molecule has 1 aliphatic heterocycles. The molecule has 3 rings (SSSR count). The van der Waals surface area contributed by atoms with E-state index in [1.165, 1.54) is 23.3 Å². The maximum absolute atomic E-state index is 12.1. The summed E-state index contributed by atoms with van der Waals surface area (Å²) in [6.07, 6.45) is 5.90. The zero-order chi connectivity index (χ0) is 14.1. The van der Waals surface area contributed by atoms with Gasteiger partial charge in [0.15, 0.2) is 0 Å². The number of amides is 1. The van der Waals surface area contributed by atoms with Crippen LogP contribution >= 0.6 is 11.3 Å². The number of rotatable bonds is 2. The third-order valence-electron chi connectivity index (χ3n) is 4.22. The molecule has 1 fully saturated rings. The first kappa shape index (κ1) is 13.6. The number of nitriles is 1. The lowest BCUT2D eigenvalue weighted by atomic mass is 10.1. The molecule has 1 amide bonds. The maximum atomic E-state index is 12.1. The number of anilines is 1. The van der Waals surface area contributed by atoms with E-state index < -0.39 is 0 Å². The number of aliphatic hydroxyl groups is 1. The third kappa shape index (κ3) is 2.23. The Balaban J connectivity index is 1.98. The van der Waals surface area contributed by atoms with E-state index in [2.05, 4.69) is 6.07 Å². The fourth-order valence-electron chi connectivity index (χ4n) is 3.13. The molecule has 0 aromatic carbocycles. The first-order valence-corrected chi connectivity index (χ1v) is 8.02. The van der Waals surface area contributed by atoms with Gasteiger partial charge in [0, 0.05) is 30.4 Å². The van der Waals surface area contributed by atoms with Crippen LogP contribution in [0.4, 0.5) is 5.00 Å². The molecule has 1 aromatic heterocycles. The molecule has 2 heterocycles. The summed E-state index contributed by atoms with van der Waals surface area (Å²) in [6.45, 7) is 0.582. The normalized spacial score (nSPS) is 22.5. The minimum Gasteiger partial charge on any atom is -0.396 e. The summed E-state index contributed by atoms with van der Waals surface area (Å²) >= 11 is 1.61. The Hall–Kier alpha value is -1.38. The van der Waals surface area contributed by atoms with Gasteiger partial charge in [-0.25, -0.2) is 0 Å². The topological polar surface area (TPSA) is 64.3 Å². The fourth-order valence-corrected chi connectivity index (χ4v) is 4.50. The third-order valence-corrected chi connectivity index (χ3v) is 5.54. The summed E-state index contributed by atoms with van der Waals surface area (Å²) < 4.78 is 0. The zero-order valence-electron chi connectivity index (χ0n) is 11.4. The second-order valence-corrected chi connectivity index (χ2v) is 6.70. The fraction of sp³-hybridized carbons (Fsp3) is 0.600. The van der Waals surface area contributed by atoms with Gasteiger partial charge in [0.05, 0.1) is 5.56 Å². The zero-order valence-corrected chi connectivity index (χ0v) is 12.2. The first-order chi connectivity index (χ1) is 9.74. The minimum atomic E-state index is 0.0101. The Morgan fingerprint density at radius 2 is 2.15 bits per heavy atom. The maximum Gasteiger partial charge on any atom is 0.228 e. The lowest BCUT2D eigenvalue weighted by Crippen LogP contribution is -2.24. The van der Waals surface area contributed by atoms with Gasteiger partial charge in [-0.05, 0) is 31.2 Å². The average molecular weight is 290 g/mol. The Bertz CT molecular complexity index is 573. The van der Waals surface area contributed by atoms with Crippen molar-refractivity contribution in [1.29, 1.82) is 5.26 Å². The number of nitrogens with zero attached hydrogens (tertiary/aromatic N) is 2.